The molecule has 28 heavy (non-hydrogen) atoms. The molecule has 2 aliphatic heterocycles. The smallest absolute Gasteiger partial charge is 0.350 e. The summed E-state index contributed by atoms with van der Waals surface area (Å²) in [5, 5.41) is 14.5. The molecule has 0 spiro atoms. The molecule has 2 aliphatic rings. The van der Waals surface area contributed by atoms with Gasteiger partial charge in [-0.15, -0.1) is 15.3 Å². The molecule has 0 bridgehead atoms. The summed E-state index contributed by atoms with van der Waals surface area (Å²) in [7, 11) is 0. The van der Waals surface area contributed by atoms with Crippen LogP contribution < -0.4 is 10.2 Å². The first-order valence-corrected chi connectivity index (χ1v) is 9.84. The number of rotatable bonds is 3. The molecule has 1 N–H and O–H groups in total. The lowest BCUT2D eigenvalue weighted by atomic mass is 9.97. The van der Waals surface area contributed by atoms with Gasteiger partial charge in [0.05, 0.1) is 0 Å². The molecular formula is C18H26F3N7. The van der Waals surface area contributed by atoms with Crippen LogP contribution in [0.15, 0.2) is 12.1 Å². The number of hydrogen-bond acceptors (Lipinski definition) is 6. The van der Waals surface area contributed by atoms with Gasteiger partial charge in [-0.3, -0.25) is 4.90 Å². The van der Waals surface area contributed by atoms with Crippen LogP contribution in [0.3, 0.4) is 0 Å². The van der Waals surface area contributed by atoms with Gasteiger partial charge in [0.1, 0.15) is 5.82 Å². The molecule has 0 amide bonds. The maximum Gasteiger partial charge on any atom is 0.453 e. The second kappa shape index (κ2) is 7.47. The zero-order valence-corrected chi connectivity index (χ0v) is 16.2. The van der Waals surface area contributed by atoms with E-state index in [1.165, 1.54) is 12.8 Å². The van der Waals surface area contributed by atoms with Crippen molar-refractivity contribution in [2.45, 2.75) is 44.9 Å². The number of anilines is 1. The van der Waals surface area contributed by atoms with Gasteiger partial charge in [-0.1, -0.05) is 0 Å². The predicted molar refractivity (Wildman–Crippen MR) is 99.2 cm³/mol. The minimum absolute atomic E-state index is 0.0974. The van der Waals surface area contributed by atoms with Gasteiger partial charge in [-0.25, -0.2) is 0 Å². The van der Waals surface area contributed by atoms with E-state index in [1.807, 2.05) is 0 Å². The van der Waals surface area contributed by atoms with Crippen molar-refractivity contribution in [3.8, 4) is 0 Å². The number of piperidine rings is 1. The molecule has 2 aromatic rings. The Bertz CT molecular complexity index is 815. The average molecular weight is 397 g/mol. The summed E-state index contributed by atoms with van der Waals surface area (Å²) >= 11 is 0. The molecule has 0 aliphatic carbocycles. The van der Waals surface area contributed by atoms with Crippen molar-refractivity contribution < 1.29 is 13.2 Å². The van der Waals surface area contributed by atoms with Crippen LogP contribution in [0.4, 0.5) is 19.0 Å². The van der Waals surface area contributed by atoms with Crippen LogP contribution >= 0.6 is 0 Å². The third kappa shape index (κ3) is 3.80. The number of alkyl halides is 3. The minimum Gasteiger partial charge on any atom is -0.350 e. The summed E-state index contributed by atoms with van der Waals surface area (Å²) in [5.41, 5.74) is 0.0974. The van der Waals surface area contributed by atoms with Gasteiger partial charge in [-0.2, -0.15) is 17.7 Å². The fraction of sp³-hybridized carbons (Fsp3) is 0.722. The average Bonchev–Trinajstić information content (AvgIpc) is 3.09. The van der Waals surface area contributed by atoms with Crippen molar-refractivity contribution in [3.05, 3.63) is 18.0 Å². The zero-order chi connectivity index (χ0) is 19.9. The Morgan fingerprint density at radius 1 is 1.14 bits per heavy atom. The van der Waals surface area contributed by atoms with Crippen LogP contribution in [0.5, 0.6) is 0 Å². The van der Waals surface area contributed by atoms with Gasteiger partial charge in [-0.05, 0) is 57.8 Å². The molecule has 4 heterocycles. The van der Waals surface area contributed by atoms with E-state index in [1.54, 1.807) is 12.1 Å². The van der Waals surface area contributed by atoms with E-state index in [9.17, 15) is 13.2 Å². The van der Waals surface area contributed by atoms with Crippen molar-refractivity contribution in [3.63, 3.8) is 0 Å². The Morgan fingerprint density at radius 3 is 2.68 bits per heavy atom. The predicted octanol–water partition coefficient (Wildman–Crippen LogP) is 2.04. The van der Waals surface area contributed by atoms with Crippen LogP contribution in [0.25, 0.3) is 5.65 Å². The lowest BCUT2D eigenvalue weighted by molar-refractivity contribution is -0.146. The highest BCUT2D eigenvalue weighted by Gasteiger charge is 2.38. The number of nitrogens with one attached hydrogen (secondary N) is 1. The molecule has 4 rings (SSSR count). The monoisotopic (exact) mass is 397 g/mol. The maximum atomic E-state index is 13.1. The molecule has 10 heteroatoms. The largest absolute Gasteiger partial charge is 0.453 e. The second-order valence-electron chi connectivity index (χ2n) is 8.00. The molecule has 2 fully saturated rings. The van der Waals surface area contributed by atoms with Crippen LogP contribution in [0.2, 0.25) is 0 Å². The molecular weight excluding hydrogens is 371 g/mol. The van der Waals surface area contributed by atoms with Gasteiger partial charge in [0.2, 0.25) is 0 Å². The first kappa shape index (κ1) is 19.4. The summed E-state index contributed by atoms with van der Waals surface area (Å²) in [5.74, 6) is 0.0976. The number of aromatic nitrogens is 4. The fourth-order valence-corrected chi connectivity index (χ4v) is 4.29. The fourth-order valence-electron chi connectivity index (χ4n) is 4.29. The van der Waals surface area contributed by atoms with Gasteiger partial charge in [0.25, 0.3) is 5.82 Å². The molecule has 2 aromatic heterocycles. The summed E-state index contributed by atoms with van der Waals surface area (Å²) in [6, 6.07) is 3.73. The Morgan fingerprint density at radius 2 is 1.96 bits per heavy atom. The molecule has 0 radical (unpaired) electrons. The van der Waals surface area contributed by atoms with E-state index in [-0.39, 0.29) is 11.7 Å². The van der Waals surface area contributed by atoms with Crippen LogP contribution in [-0.4, -0.2) is 69.5 Å². The first-order chi connectivity index (χ1) is 13.3. The van der Waals surface area contributed by atoms with E-state index < -0.39 is 12.0 Å². The lowest BCUT2D eigenvalue weighted by Gasteiger charge is -2.46. The summed E-state index contributed by atoms with van der Waals surface area (Å²) in [6.45, 7) is 9.09. The van der Waals surface area contributed by atoms with Crippen molar-refractivity contribution >= 4 is 11.5 Å². The summed E-state index contributed by atoms with van der Waals surface area (Å²) < 4.78 is 40.2. The van der Waals surface area contributed by atoms with Gasteiger partial charge >= 0.3 is 6.18 Å². The molecule has 1 unspecified atom stereocenters. The van der Waals surface area contributed by atoms with Gasteiger partial charge < -0.3 is 10.2 Å². The highest BCUT2D eigenvalue weighted by Crippen LogP contribution is 2.29. The quantitative estimate of drug-likeness (QED) is 0.855. The number of piperazine rings is 1. The number of nitrogens with zero attached hydrogens (tertiary/aromatic N) is 6. The van der Waals surface area contributed by atoms with Gasteiger partial charge in [0, 0.05) is 31.7 Å². The molecule has 154 valence electrons. The maximum absolute atomic E-state index is 13.1. The Hall–Kier alpha value is -1.94. The Kier molecular flexibility index (Phi) is 5.17. The van der Waals surface area contributed by atoms with Crippen LogP contribution in [0.1, 0.15) is 32.5 Å². The standard InChI is InChI=1S/C18H26F3N7/c1-12-10-27(13(2)9-26(12)11-14-4-3-7-22-8-14)16-6-5-15-23-24-17(18(19,20)21)28(15)25-16/h5-6,12-14,22H,3-4,7-11H2,1-2H3/t12-,13+,14?/m1/s1. The summed E-state index contributed by atoms with van der Waals surface area (Å²) in [6.07, 6.45) is -2.12. The second-order valence-corrected chi connectivity index (χ2v) is 8.00. The van der Waals surface area contributed by atoms with E-state index >= 15 is 0 Å². The van der Waals surface area contributed by atoms with E-state index in [0.29, 0.717) is 17.8 Å². The molecule has 0 saturated carbocycles. The molecule has 7 nitrogen and oxygen atoms in total. The van der Waals surface area contributed by atoms with Gasteiger partial charge in [0.15, 0.2) is 5.65 Å². The third-order valence-electron chi connectivity index (χ3n) is 5.80. The zero-order valence-electron chi connectivity index (χ0n) is 16.2. The minimum atomic E-state index is -4.59. The number of halogens is 3. The van der Waals surface area contributed by atoms with Crippen LogP contribution in [-0.2, 0) is 6.18 Å². The van der Waals surface area contributed by atoms with Crippen molar-refractivity contribution in [2.24, 2.45) is 5.92 Å². The van der Waals surface area contributed by atoms with E-state index in [0.717, 1.165) is 37.2 Å². The number of hydrogen-bond donors (Lipinski definition) is 1. The number of fused-ring (bicyclic) bond motifs is 1. The normalized spacial score (nSPS) is 27.5. The topological polar surface area (TPSA) is 61.6 Å². The van der Waals surface area contributed by atoms with Crippen molar-refractivity contribution in [1.82, 2.24) is 30.0 Å². The molecule has 2 saturated heterocycles. The Balaban J connectivity index is 1.52. The van der Waals surface area contributed by atoms with Crippen molar-refractivity contribution in [1.29, 1.82) is 0 Å². The highest BCUT2D eigenvalue weighted by molar-refractivity contribution is 5.47. The molecule has 0 aromatic carbocycles. The van der Waals surface area contributed by atoms with E-state index in [2.05, 4.69) is 44.3 Å². The SMILES string of the molecule is C[C@@H]1CN(c2ccc3nnc(C(F)(F)F)n3n2)[C@@H](C)CN1CC1CCCNC1. The summed E-state index contributed by atoms with van der Waals surface area (Å²) in [4.78, 5) is 4.58. The van der Waals surface area contributed by atoms with E-state index in [4.69, 9.17) is 0 Å². The van der Waals surface area contributed by atoms with Crippen molar-refractivity contribution in [2.75, 3.05) is 37.6 Å². The lowest BCUT2D eigenvalue weighted by Crippen LogP contribution is -2.58. The highest BCUT2D eigenvalue weighted by atomic mass is 19.4. The third-order valence-corrected chi connectivity index (χ3v) is 5.80. The Labute approximate surface area is 161 Å². The molecule has 3 atom stereocenters. The first-order valence-electron chi connectivity index (χ1n) is 9.84. The van der Waals surface area contributed by atoms with Crippen LogP contribution in [0, 0.1) is 5.92 Å².